The van der Waals surface area contributed by atoms with Gasteiger partial charge in [-0.15, -0.1) is 0 Å². The van der Waals surface area contributed by atoms with Gasteiger partial charge in [0, 0.05) is 6.08 Å². The van der Waals surface area contributed by atoms with E-state index in [1.54, 1.807) is 6.07 Å². The Morgan fingerprint density at radius 2 is 2.54 bits per heavy atom. The van der Waals surface area contributed by atoms with E-state index in [9.17, 15) is 9.90 Å². The van der Waals surface area contributed by atoms with E-state index < -0.39 is 5.91 Å². The van der Waals surface area contributed by atoms with Crippen LogP contribution < -0.4 is 5.32 Å². The van der Waals surface area contributed by atoms with Crippen LogP contribution >= 0.6 is 0 Å². The van der Waals surface area contributed by atoms with Crippen LogP contribution in [0.2, 0.25) is 0 Å². The zero-order chi connectivity index (χ0) is 9.68. The van der Waals surface area contributed by atoms with E-state index in [0.29, 0.717) is 0 Å². The molecule has 1 aromatic rings. The van der Waals surface area contributed by atoms with Crippen LogP contribution in [-0.4, -0.2) is 11.0 Å². The number of nitriles is 1. The molecule has 66 valence electrons. The first-order valence-electron chi connectivity index (χ1n) is 3.37. The Balaban J connectivity index is 2.74. The number of nitrogens with one attached hydrogen (secondary N) is 1. The smallest absolute Gasteiger partial charge is 0.260 e. The molecule has 1 aromatic heterocycles. The van der Waals surface area contributed by atoms with E-state index in [1.165, 1.54) is 18.5 Å². The highest BCUT2D eigenvalue weighted by molar-refractivity contribution is 5.93. The summed E-state index contributed by atoms with van der Waals surface area (Å²) in [6.07, 6.45) is 3.66. The number of carbonyl (C=O) groups is 1. The van der Waals surface area contributed by atoms with Crippen molar-refractivity contribution in [2.75, 3.05) is 0 Å². The number of aliphatic hydroxyl groups is 1. The van der Waals surface area contributed by atoms with Crippen molar-refractivity contribution in [2.45, 2.75) is 0 Å². The molecule has 0 radical (unpaired) electrons. The van der Waals surface area contributed by atoms with Crippen LogP contribution in [0.1, 0.15) is 5.76 Å². The molecule has 0 aromatic carbocycles. The summed E-state index contributed by atoms with van der Waals surface area (Å²) in [6.45, 7) is 0. The summed E-state index contributed by atoms with van der Waals surface area (Å²) < 4.78 is 4.79. The average molecular weight is 178 g/mol. The minimum absolute atomic E-state index is 0.174. The lowest BCUT2D eigenvalue weighted by Gasteiger charge is -1.92. The zero-order valence-electron chi connectivity index (χ0n) is 6.52. The Morgan fingerprint density at radius 1 is 1.77 bits per heavy atom. The third kappa shape index (κ3) is 2.38. The maximum Gasteiger partial charge on any atom is 0.260 e. The van der Waals surface area contributed by atoms with Crippen LogP contribution in [0.5, 0.6) is 0 Å². The van der Waals surface area contributed by atoms with Gasteiger partial charge in [0.25, 0.3) is 5.91 Å². The first-order valence-corrected chi connectivity index (χ1v) is 3.37. The molecule has 1 heterocycles. The topological polar surface area (TPSA) is 86.3 Å². The molecule has 0 aliphatic rings. The van der Waals surface area contributed by atoms with Crippen molar-refractivity contribution in [3.05, 3.63) is 30.2 Å². The number of aliphatic hydroxyl groups excluding tert-OH is 1. The van der Waals surface area contributed by atoms with E-state index in [2.05, 4.69) is 0 Å². The quantitative estimate of drug-likeness (QED) is 0.303. The van der Waals surface area contributed by atoms with E-state index in [1.807, 2.05) is 5.32 Å². The predicted octanol–water partition coefficient (Wildman–Crippen LogP) is 0.776. The standard InChI is InChI=1S/C8H6N2O3/c9-5-10-8(12)4-6(11)7-2-1-3-13-7/h1-4,11H,(H,10,12). The maximum atomic E-state index is 10.7. The van der Waals surface area contributed by atoms with Crippen molar-refractivity contribution in [1.82, 2.24) is 5.32 Å². The summed E-state index contributed by atoms with van der Waals surface area (Å²) in [7, 11) is 0. The molecular weight excluding hydrogens is 172 g/mol. The fourth-order valence-electron chi connectivity index (χ4n) is 0.711. The molecule has 0 bridgehead atoms. The van der Waals surface area contributed by atoms with E-state index >= 15 is 0 Å². The molecule has 0 aliphatic heterocycles. The van der Waals surface area contributed by atoms with Gasteiger partial charge in [0.05, 0.1) is 6.26 Å². The zero-order valence-corrected chi connectivity index (χ0v) is 6.52. The second-order valence-corrected chi connectivity index (χ2v) is 2.11. The molecule has 5 heteroatoms. The lowest BCUT2D eigenvalue weighted by molar-refractivity contribution is -0.115. The van der Waals surface area contributed by atoms with Crippen molar-refractivity contribution >= 4 is 11.7 Å². The summed E-state index contributed by atoms with van der Waals surface area (Å²) in [5.74, 6) is -0.845. The van der Waals surface area contributed by atoms with Gasteiger partial charge in [0.15, 0.2) is 17.7 Å². The number of hydrogen-bond acceptors (Lipinski definition) is 4. The van der Waals surface area contributed by atoms with E-state index in [-0.39, 0.29) is 11.5 Å². The summed E-state index contributed by atoms with van der Waals surface area (Å²) in [4.78, 5) is 10.7. The van der Waals surface area contributed by atoms with Gasteiger partial charge in [0.2, 0.25) is 0 Å². The Hall–Kier alpha value is -2.22. The summed E-state index contributed by atoms with van der Waals surface area (Å²) in [5, 5.41) is 19.1. The van der Waals surface area contributed by atoms with Gasteiger partial charge < -0.3 is 9.52 Å². The Morgan fingerprint density at radius 3 is 3.08 bits per heavy atom. The van der Waals surface area contributed by atoms with Crippen LogP contribution in [-0.2, 0) is 4.79 Å². The van der Waals surface area contributed by atoms with Crippen LogP contribution in [0.15, 0.2) is 28.9 Å². The molecule has 1 amide bonds. The van der Waals surface area contributed by atoms with E-state index in [0.717, 1.165) is 6.08 Å². The second kappa shape index (κ2) is 3.97. The van der Waals surface area contributed by atoms with Gasteiger partial charge in [-0.2, -0.15) is 5.26 Å². The highest BCUT2D eigenvalue weighted by Crippen LogP contribution is 2.10. The van der Waals surface area contributed by atoms with Crippen LogP contribution in [0.25, 0.3) is 5.76 Å². The largest absolute Gasteiger partial charge is 0.504 e. The minimum Gasteiger partial charge on any atom is -0.504 e. The van der Waals surface area contributed by atoms with Crippen molar-refractivity contribution in [3.8, 4) is 6.19 Å². The Bertz CT molecular complexity index is 359. The normalized spacial score (nSPS) is 10.5. The predicted molar refractivity (Wildman–Crippen MR) is 43.1 cm³/mol. The molecule has 0 spiro atoms. The number of hydrogen-bond donors (Lipinski definition) is 2. The molecule has 2 N–H and O–H groups in total. The van der Waals surface area contributed by atoms with Crippen molar-refractivity contribution in [3.63, 3.8) is 0 Å². The van der Waals surface area contributed by atoms with Gasteiger partial charge in [-0.25, -0.2) is 0 Å². The highest BCUT2D eigenvalue weighted by atomic mass is 16.4. The third-order valence-electron chi connectivity index (χ3n) is 1.22. The molecule has 5 nitrogen and oxygen atoms in total. The Kier molecular flexibility index (Phi) is 2.71. The number of rotatable bonds is 2. The van der Waals surface area contributed by atoms with E-state index in [4.69, 9.17) is 9.68 Å². The molecule has 0 fully saturated rings. The molecular formula is C8H6N2O3. The maximum absolute atomic E-state index is 10.7. The molecule has 0 aliphatic carbocycles. The Labute approximate surface area is 73.9 Å². The highest BCUT2D eigenvalue weighted by Gasteiger charge is 2.04. The number of amides is 1. The lowest BCUT2D eigenvalue weighted by Crippen LogP contribution is -2.14. The monoisotopic (exact) mass is 178 g/mol. The molecule has 0 unspecified atom stereocenters. The number of carbonyl (C=O) groups excluding carboxylic acids is 1. The van der Waals surface area contributed by atoms with Crippen molar-refractivity contribution in [1.29, 1.82) is 5.26 Å². The van der Waals surface area contributed by atoms with Crippen LogP contribution in [0.4, 0.5) is 0 Å². The van der Waals surface area contributed by atoms with Gasteiger partial charge in [0.1, 0.15) is 0 Å². The molecule has 0 atom stereocenters. The number of nitrogens with zero attached hydrogens (tertiary/aromatic N) is 1. The fraction of sp³-hybridized carbons (Fsp3) is 0. The van der Waals surface area contributed by atoms with Gasteiger partial charge >= 0.3 is 0 Å². The molecule has 0 saturated carbocycles. The fourth-order valence-corrected chi connectivity index (χ4v) is 0.711. The molecule has 1 rings (SSSR count). The summed E-state index contributed by atoms with van der Waals surface area (Å²) >= 11 is 0. The molecule has 0 saturated heterocycles. The first kappa shape index (κ1) is 8.87. The lowest BCUT2D eigenvalue weighted by atomic mass is 10.3. The van der Waals surface area contributed by atoms with Gasteiger partial charge in [-0.05, 0) is 12.1 Å². The number of furan rings is 1. The average Bonchev–Trinajstić information content (AvgIpc) is 2.55. The minimum atomic E-state index is -0.698. The van der Waals surface area contributed by atoms with Gasteiger partial charge in [-0.3, -0.25) is 10.1 Å². The van der Waals surface area contributed by atoms with Crippen molar-refractivity contribution in [2.24, 2.45) is 0 Å². The second-order valence-electron chi connectivity index (χ2n) is 2.11. The summed E-state index contributed by atoms with van der Waals surface area (Å²) in [5.41, 5.74) is 0. The SMILES string of the molecule is N#CNC(=O)C=C(O)c1ccco1. The summed E-state index contributed by atoms with van der Waals surface area (Å²) in [6, 6.07) is 3.06. The van der Waals surface area contributed by atoms with Crippen LogP contribution in [0, 0.1) is 11.5 Å². The van der Waals surface area contributed by atoms with Gasteiger partial charge in [-0.1, -0.05) is 0 Å². The van der Waals surface area contributed by atoms with Crippen LogP contribution in [0.3, 0.4) is 0 Å². The first-order chi connectivity index (χ1) is 6.24. The third-order valence-corrected chi connectivity index (χ3v) is 1.22. The molecule has 13 heavy (non-hydrogen) atoms. The van der Waals surface area contributed by atoms with Crippen molar-refractivity contribution < 1.29 is 14.3 Å².